The van der Waals surface area contributed by atoms with E-state index in [1.165, 1.54) is 82.9 Å². The predicted octanol–water partition coefficient (Wildman–Crippen LogP) is 12.7. The van der Waals surface area contributed by atoms with Crippen molar-refractivity contribution in [3.8, 4) is 11.1 Å². The molecule has 49 heavy (non-hydrogen) atoms. The van der Waals surface area contributed by atoms with Crippen molar-refractivity contribution in [3.63, 3.8) is 0 Å². The number of rotatable bonds is 6. The highest BCUT2D eigenvalue weighted by atomic mass is 15.2. The van der Waals surface area contributed by atoms with Crippen molar-refractivity contribution in [2.24, 2.45) is 0 Å². The van der Waals surface area contributed by atoms with Crippen LogP contribution in [0.5, 0.6) is 0 Å². The van der Waals surface area contributed by atoms with Crippen LogP contribution in [-0.4, -0.2) is 12.1 Å². The largest absolute Gasteiger partial charge is 0.338 e. The highest BCUT2D eigenvalue weighted by molar-refractivity contribution is 6.31. The van der Waals surface area contributed by atoms with E-state index in [-0.39, 0.29) is 0 Å². The lowest BCUT2D eigenvalue weighted by atomic mass is 9.85. The van der Waals surface area contributed by atoms with E-state index < -0.39 is 0 Å². The zero-order chi connectivity index (χ0) is 33.2. The molecule has 0 saturated carbocycles. The maximum atomic E-state index is 4.12. The molecule has 0 bridgehead atoms. The third-order valence-electron chi connectivity index (χ3n) is 11.1. The highest BCUT2D eigenvalue weighted by Gasteiger charge is 2.33. The summed E-state index contributed by atoms with van der Waals surface area (Å²) >= 11 is 0. The molecule has 0 radical (unpaired) electrons. The van der Waals surface area contributed by atoms with Gasteiger partial charge in [-0.3, -0.25) is 0 Å². The summed E-state index contributed by atoms with van der Waals surface area (Å²) in [6.07, 6.45) is 17.7. The Bertz CT molecular complexity index is 2400. The fourth-order valence-electron chi connectivity index (χ4n) is 9.13. The number of hydrogen-bond donors (Lipinski definition) is 0. The van der Waals surface area contributed by atoms with Crippen LogP contribution in [0.25, 0.3) is 49.0 Å². The van der Waals surface area contributed by atoms with Crippen molar-refractivity contribution < 1.29 is 0 Å². The maximum Gasteiger partial charge on any atom is 0.0500 e. The standard InChI is InChI=1S/C47H42N2/c1-5-14-32(15-6-2)40-28-44(48-30(3)26-34-18-10-12-20-42(34)48)38-25-23-37-41(33-16-8-7-9-17-33)29-45(39-24-22-36(40)46(38)47(37)39)49-31(4)27-35-19-11-13-21-43(35)49/h5-9,11-17,19-25,28-31H,1,10,18,26-27H2,2-4H3/b15-6-,32-14+. The molecule has 240 valence electrons. The zero-order valence-electron chi connectivity index (χ0n) is 28.7. The third kappa shape index (κ3) is 4.54. The lowest BCUT2D eigenvalue weighted by Gasteiger charge is -2.31. The molecule has 2 atom stereocenters. The van der Waals surface area contributed by atoms with Crippen molar-refractivity contribution in [2.45, 2.75) is 58.5 Å². The summed E-state index contributed by atoms with van der Waals surface area (Å²) in [5.74, 6) is 0. The molecule has 1 aliphatic carbocycles. The lowest BCUT2D eigenvalue weighted by molar-refractivity contribution is 0.733. The van der Waals surface area contributed by atoms with Gasteiger partial charge in [-0.25, -0.2) is 0 Å². The molecular weight excluding hydrogens is 593 g/mol. The van der Waals surface area contributed by atoms with Gasteiger partial charge in [0.1, 0.15) is 0 Å². The predicted molar refractivity (Wildman–Crippen MR) is 212 cm³/mol. The Hall–Kier alpha value is -5.34. The molecule has 2 nitrogen and oxygen atoms in total. The zero-order valence-corrected chi connectivity index (χ0v) is 28.7. The summed E-state index contributed by atoms with van der Waals surface area (Å²) in [5.41, 5.74) is 13.3. The van der Waals surface area contributed by atoms with Gasteiger partial charge in [-0.1, -0.05) is 110 Å². The Balaban J connectivity index is 1.44. The lowest BCUT2D eigenvalue weighted by Crippen LogP contribution is -2.27. The van der Waals surface area contributed by atoms with Gasteiger partial charge in [0.2, 0.25) is 0 Å². The Kier molecular flexibility index (Phi) is 7.09. The molecular formula is C47H42N2. The number of allylic oxidation sites excluding steroid dienone is 7. The number of para-hydroxylation sites is 1. The Morgan fingerprint density at radius 2 is 1.43 bits per heavy atom. The van der Waals surface area contributed by atoms with Crippen LogP contribution in [0.4, 0.5) is 17.1 Å². The summed E-state index contributed by atoms with van der Waals surface area (Å²) in [7, 11) is 0. The van der Waals surface area contributed by atoms with E-state index in [1.807, 2.05) is 6.08 Å². The van der Waals surface area contributed by atoms with E-state index in [1.54, 1.807) is 5.57 Å². The van der Waals surface area contributed by atoms with Crippen LogP contribution < -0.4 is 9.80 Å². The second kappa shape index (κ2) is 11.7. The van der Waals surface area contributed by atoms with Gasteiger partial charge in [-0.2, -0.15) is 0 Å². The minimum atomic E-state index is 0.358. The topological polar surface area (TPSA) is 6.48 Å². The first-order valence-corrected chi connectivity index (χ1v) is 17.9. The molecule has 3 aliphatic rings. The normalized spacial score (nSPS) is 19.3. The molecule has 2 heterocycles. The fourth-order valence-corrected chi connectivity index (χ4v) is 9.13. The van der Waals surface area contributed by atoms with E-state index in [0.717, 1.165) is 25.7 Å². The molecule has 0 amide bonds. The molecule has 0 saturated heterocycles. The molecule has 2 unspecified atom stereocenters. The van der Waals surface area contributed by atoms with Crippen molar-refractivity contribution in [2.75, 3.05) is 9.80 Å². The van der Waals surface area contributed by atoms with Crippen molar-refractivity contribution in [3.05, 3.63) is 156 Å². The number of fused-ring (bicyclic) bond motifs is 1. The summed E-state index contributed by atoms with van der Waals surface area (Å²) in [5, 5.41) is 7.92. The Morgan fingerprint density at radius 1 is 0.735 bits per heavy atom. The molecule has 0 spiro atoms. The molecule has 2 aliphatic heterocycles. The van der Waals surface area contributed by atoms with Crippen LogP contribution in [-0.2, 0) is 6.42 Å². The monoisotopic (exact) mass is 634 g/mol. The molecule has 0 fully saturated rings. The first-order chi connectivity index (χ1) is 24.1. The molecule has 2 heteroatoms. The summed E-state index contributed by atoms with van der Waals surface area (Å²) in [4.78, 5) is 5.24. The van der Waals surface area contributed by atoms with Gasteiger partial charge in [0.25, 0.3) is 0 Å². The number of anilines is 3. The molecule has 6 aromatic rings. The van der Waals surface area contributed by atoms with Gasteiger partial charge in [-0.05, 0) is 115 Å². The van der Waals surface area contributed by atoms with Crippen LogP contribution in [0.1, 0.15) is 51.2 Å². The summed E-state index contributed by atoms with van der Waals surface area (Å²) < 4.78 is 0. The van der Waals surface area contributed by atoms with Gasteiger partial charge in [0.05, 0.1) is 0 Å². The van der Waals surface area contributed by atoms with Crippen LogP contribution in [0, 0.1) is 0 Å². The van der Waals surface area contributed by atoms with Gasteiger partial charge in [-0.15, -0.1) is 0 Å². The van der Waals surface area contributed by atoms with Crippen molar-refractivity contribution in [1.82, 2.24) is 0 Å². The Labute approximate surface area is 290 Å². The second-order valence-electron chi connectivity index (χ2n) is 14.1. The number of benzene rings is 6. The minimum absolute atomic E-state index is 0.358. The SMILES string of the molecule is C=C/C=C(\C=C/C)c1cc(N2C3=C(CCC=C3)CC2C)c2ccc3c(-c4ccccc4)cc(N4c5ccccc5CC4C)c4ccc1c2c34. The van der Waals surface area contributed by atoms with E-state index in [0.29, 0.717) is 12.1 Å². The van der Waals surface area contributed by atoms with Crippen molar-refractivity contribution in [1.29, 1.82) is 0 Å². The summed E-state index contributed by atoms with van der Waals surface area (Å²) in [6, 6.07) is 35.2. The first kappa shape index (κ1) is 29.8. The average Bonchev–Trinajstić information content (AvgIpc) is 3.65. The van der Waals surface area contributed by atoms with E-state index >= 15 is 0 Å². The molecule has 6 aromatic carbocycles. The fraction of sp³-hybridized carbons (Fsp3) is 0.191. The first-order valence-electron chi connectivity index (χ1n) is 17.9. The van der Waals surface area contributed by atoms with E-state index in [4.69, 9.17) is 0 Å². The van der Waals surface area contributed by atoms with Crippen LogP contribution in [0.15, 0.2) is 145 Å². The van der Waals surface area contributed by atoms with Gasteiger partial charge in [0, 0.05) is 56.4 Å². The molecule has 0 aromatic heterocycles. The van der Waals surface area contributed by atoms with Crippen LogP contribution in [0.3, 0.4) is 0 Å². The highest BCUT2D eigenvalue weighted by Crippen LogP contribution is 2.52. The van der Waals surface area contributed by atoms with Gasteiger partial charge >= 0.3 is 0 Å². The quantitative estimate of drug-likeness (QED) is 0.133. The van der Waals surface area contributed by atoms with Crippen molar-refractivity contribution >= 4 is 55.0 Å². The maximum absolute atomic E-state index is 4.12. The number of hydrogen-bond acceptors (Lipinski definition) is 2. The van der Waals surface area contributed by atoms with Crippen LogP contribution >= 0.6 is 0 Å². The third-order valence-corrected chi connectivity index (χ3v) is 11.1. The molecule has 0 N–H and O–H groups in total. The van der Waals surface area contributed by atoms with Gasteiger partial charge < -0.3 is 9.80 Å². The Morgan fingerprint density at radius 3 is 2.22 bits per heavy atom. The minimum Gasteiger partial charge on any atom is -0.338 e. The van der Waals surface area contributed by atoms with E-state index in [2.05, 4.69) is 159 Å². The molecule has 9 rings (SSSR count). The average molecular weight is 635 g/mol. The van der Waals surface area contributed by atoms with Crippen LogP contribution in [0.2, 0.25) is 0 Å². The second-order valence-corrected chi connectivity index (χ2v) is 14.1. The van der Waals surface area contributed by atoms with E-state index in [9.17, 15) is 0 Å². The van der Waals surface area contributed by atoms with Gasteiger partial charge in [0.15, 0.2) is 0 Å². The summed E-state index contributed by atoms with van der Waals surface area (Å²) in [6.45, 7) is 11.0. The number of nitrogens with zero attached hydrogens (tertiary/aromatic N) is 2. The smallest absolute Gasteiger partial charge is 0.0500 e.